The number of carbonyl (C=O) groups is 1. The van der Waals surface area contributed by atoms with Crippen molar-refractivity contribution >= 4 is 5.91 Å². The highest BCUT2D eigenvalue weighted by Crippen LogP contribution is 2.32. The molecule has 1 amide bonds. The predicted octanol–water partition coefficient (Wildman–Crippen LogP) is 0.175. The molecule has 0 aromatic carbocycles. The average Bonchev–Trinajstić information content (AvgIpc) is 2.95. The summed E-state index contributed by atoms with van der Waals surface area (Å²) in [5.74, 6) is 0.583. The number of nitrogens with one attached hydrogen (secondary N) is 2. The van der Waals surface area contributed by atoms with Crippen LogP contribution in [0, 0.1) is 5.92 Å². The Morgan fingerprint density at radius 1 is 1.37 bits per heavy atom. The molecule has 3 N–H and O–H groups in total. The number of fused-ring (bicyclic) bond motifs is 2. The number of ether oxygens (including phenoxy) is 1. The maximum atomic E-state index is 12.0. The van der Waals surface area contributed by atoms with Crippen LogP contribution in [0.2, 0.25) is 0 Å². The summed E-state index contributed by atoms with van der Waals surface area (Å²) < 4.78 is 5.17. The minimum absolute atomic E-state index is 0.0756. The van der Waals surface area contributed by atoms with Gasteiger partial charge in [0.05, 0.1) is 6.61 Å². The van der Waals surface area contributed by atoms with Crippen LogP contribution < -0.4 is 10.6 Å². The molecule has 3 aliphatic heterocycles. The second kappa shape index (κ2) is 5.38. The molecule has 2 bridgehead atoms. The highest BCUT2D eigenvalue weighted by Gasteiger charge is 2.35. The molecule has 0 radical (unpaired) electrons. The van der Waals surface area contributed by atoms with Gasteiger partial charge in [0.1, 0.15) is 5.60 Å². The second-order valence-electron chi connectivity index (χ2n) is 6.48. The minimum Gasteiger partial charge on any atom is -0.386 e. The van der Waals surface area contributed by atoms with Gasteiger partial charge >= 0.3 is 0 Å². The Bertz CT molecular complexity index is 330. The van der Waals surface area contributed by atoms with E-state index < -0.39 is 5.60 Å². The number of rotatable bonds is 4. The molecule has 19 heavy (non-hydrogen) atoms. The summed E-state index contributed by atoms with van der Waals surface area (Å²) in [4.78, 5) is 12.0. The quantitative estimate of drug-likeness (QED) is 0.680. The van der Waals surface area contributed by atoms with Crippen LogP contribution in [-0.2, 0) is 9.53 Å². The molecule has 3 atom stereocenters. The zero-order chi connectivity index (χ0) is 13.3. The van der Waals surface area contributed by atoms with Crippen LogP contribution in [0.15, 0.2) is 0 Å². The third-order valence-electron chi connectivity index (χ3n) is 4.74. The largest absolute Gasteiger partial charge is 0.386 e. The normalized spacial score (nSPS) is 41.4. The molecule has 0 aromatic rings. The Kier molecular flexibility index (Phi) is 3.78. The summed E-state index contributed by atoms with van der Waals surface area (Å²) >= 11 is 0. The minimum atomic E-state index is -0.844. The molecule has 3 unspecified atom stereocenters. The van der Waals surface area contributed by atoms with Gasteiger partial charge < -0.3 is 20.5 Å². The van der Waals surface area contributed by atoms with Crippen molar-refractivity contribution in [1.82, 2.24) is 10.6 Å². The third-order valence-corrected chi connectivity index (χ3v) is 4.74. The van der Waals surface area contributed by atoms with E-state index >= 15 is 0 Å². The SMILES string of the molecule is O=C(CC1CC2CCC(C1)N2)NCC1(O)CCOC1. The van der Waals surface area contributed by atoms with Gasteiger partial charge in [0.2, 0.25) is 5.91 Å². The first-order valence-electron chi connectivity index (χ1n) is 7.46. The van der Waals surface area contributed by atoms with Crippen LogP contribution in [0.4, 0.5) is 0 Å². The summed E-state index contributed by atoms with van der Waals surface area (Å²) in [5.41, 5.74) is -0.844. The van der Waals surface area contributed by atoms with Crippen molar-refractivity contribution in [3.8, 4) is 0 Å². The van der Waals surface area contributed by atoms with Gasteiger partial charge in [-0.3, -0.25) is 4.79 Å². The van der Waals surface area contributed by atoms with Crippen LogP contribution in [0.25, 0.3) is 0 Å². The maximum absolute atomic E-state index is 12.0. The summed E-state index contributed by atoms with van der Waals surface area (Å²) in [6.07, 6.45) is 5.99. The fourth-order valence-corrected chi connectivity index (χ4v) is 3.68. The Morgan fingerprint density at radius 2 is 2.11 bits per heavy atom. The van der Waals surface area contributed by atoms with E-state index in [9.17, 15) is 9.90 Å². The Hall–Kier alpha value is -0.650. The van der Waals surface area contributed by atoms with Gasteiger partial charge in [-0.25, -0.2) is 0 Å². The van der Waals surface area contributed by atoms with Gasteiger partial charge in [-0.1, -0.05) is 0 Å². The maximum Gasteiger partial charge on any atom is 0.220 e. The Balaban J connectivity index is 1.41. The zero-order valence-electron chi connectivity index (χ0n) is 11.4. The summed E-state index contributed by atoms with van der Waals surface area (Å²) in [7, 11) is 0. The van der Waals surface area contributed by atoms with E-state index in [2.05, 4.69) is 10.6 Å². The summed E-state index contributed by atoms with van der Waals surface area (Å²) in [6, 6.07) is 1.26. The van der Waals surface area contributed by atoms with E-state index in [4.69, 9.17) is 4.74 Å². The molecular formula is C14H24N2O3. The summed E-state index contributed by atoms with van der Waals surface area (Å²) in [5, 5.41) is 16.6. The van der Waals surface area contributed by atoms with E-state index in [1.807, 2.05) is 0 Å². The molecule has 0 aromatic heterocycles. The average molecular weight is 268 g/mol. The van der Waals surface area contributed by atoms with Crippen LogP contribution >= 0.6 is 0 Å². The first-order valence-corrected chi connectivity index (χ1v) is 7.46. The van der Waals surface area contributed by atoms with Crippen molar-refractivity contribution in [1.29, 1.82) is 0 Å². The number of hydrogen-bond acceptors (Lipinski definition) is 4. The molecule has 0 spiro atoms. The molecule has 5 heteroatoms. The smallest absolute Gasteiger partial charge is 0.220 e. The lowest BCUT2D eigenvalue weighted by atomic mass is 9.89. The van der Waals surface area contributed by atoms with Crippen molar-refractivity contribution in [2.24, 2.45) is 5.92 Å². The molecule has 3 rings (SSSR count). The van der Waals surface area contributed by atoms with Crippen molar-refractivity contribution in [3.63, 3.8) is 0 Å². The number of aliphatic hydroxyl groups is 1. The van der Waals surface area contributed by atoms with Crippen LogP contribution in [0.3, 0.4) is 0 Å². The van der Waals surface area contributed by atoms with E-state index in [0.717, 1.165) is 12.8 Å². The number of amides is 1. The Morgan fingerprint density at radius 3 is 2.74 bits per heavy atom. The van der Waals surface area contributed by atoms with Crippen molar-refractivity contribution < 1.29 is 14.6 Å². The van der Waals surface area contributed by atoms with Crippen LogP contribution in [0.1, 0.15) is 38.5 Å². The van der Waals surface area contributed by atoms with E-state index in [1.165, 1.54) is 12.8 Å². The fourth-order valence-electron chi connectivity index (χ4n) is 3.68. The molecule has 108 valence electrons. The van der Waals surface area contributed by atoms with Gasteiger partial charge in [-0.2, -0.15) is 0 Å². The van der Waals surface area contributed by atoms with Gasteiger partial charge in [0.15, 0.2) is 0 Å². The van der Waals surface area contributed by atoms with E-state index in [0.29, 0.717) is 50.6 Å². The zero-order valence-corrected chi connectivity index (χ0v) is 11.4. The number of hydrogen-bond donors (Lipinski definition) is 3. The lowest BCUT2D eigenvalue weighted by molar-refractivity contribution is -0.123. The van der Waals surface area contributed by atoms with E-state index in [-0.39, 0.29) is 5.91 Å². The molecule has 0 aliphatic carbocycles. The van der Waals surface area contributed by atoms with Gasteiger partial charge in [0.25, 0.3) is 0 Å². The van der Waals surface area contributed by atoms with Gasteiger partial charge in [-0.05, 0) is 31.6 Å². The first kappa shape index (κ1) is 13.3. The standard InChI is InChI=1S/C14H24N2O3/c17-13(15-8-14(18)3-4-19-9-14)7-10-5-11-1-2-12(6-10)16-11/h10-12,16,18H,1-9H2,(H,15,17). The lowest BCUT2D eigenvalue weighted by Crippen LogP contribution is -2.44. The van der Waals surface area contributed by atoms with Crippen molar-refractivity contribution in [2.75, 3.05) is 19.8 Å². The summed E-state index contributed by atoms with van der Waals surface area (Å²) in [6.45, 7) is 1.25. The topological polar surface area (TPSA) is 70.6 Å². The molecule has 0 saturated carbocycles. The van der Waals surface area contributed by atoms with Crippen LogP contribution in [-0.4, -0.2) is 48.5 Å². The predicted molar refractivity (Wildman–Crippen MR) is 70.7 cm³/mol. The van der Waals surface area contributed by atoms with E-state index in [1.54, 1.807) is 0 Å². The molecular weight excluding hydrogens is 244 g/mol. The highest BCUT2D eigenvalue weighted by atomic mass is 16.5. The number of piperidine rings is 1. The number of carbonyl (C=O) groups excluding carboxylic acids is 1. The molecule has 5 nitrogen and oxygen atoms in total. The molecule has 3 saturated heterocycles. The Labute approximate surface area is 114 Å². The molecule has 3 aliphatic rings. The molecule has 3 heterocycles. The first-order chi connectivity index (χ1) is 9.13. The third kappa shape index (κ3) is 3.27. The monoisotopic (exact) mass is 268 g/mol. The lowest BCUT2D eigenvalue weighted by Gasteiger charge is -2.29. The van der Waals surface area contributed by atoms with Crippen molar-refractivity contribution in [2.45, 2.75) is 56.2 Å². The van der Waals surface area contributed by atoms with Gasteiger partial charge in [0, 0.05) is 38.1 Å². The molecule has 3 fully saturated rings. The van der Waals surface area contributed by atoms with Gasteiger partial charge in [-0.15, -0.1) is 0 Å². The highest BCUT2D eigenvalue weighted by molar-refractivity contribution is 5.76. The fraction of sp³-hybridized carbons (Fsp3) is 0.929. The van der Waals surface area contributed by atoms with Crippen LogP contribution in [0.5, 0.6) is 0 Å². The van der Waals surface area contributed by atoms with Crippen molar-refractivity contribution in [3.05, 3.63) is 0 Å². The second-order valence-corrected chi connectivity index (χ2v) is 6.48.